The van der Waals surface area contributed by atoms with Gasteiger partial charge in [-0.1, -0.05) is 12.1 Å². The van der Waals surface area contributed by atoms with E-state index < -0.39 is 36.2 Å². The average Bonchev–Trinajstić information content (AvgIpc) is 2.57. The van der Waals surface area contributed by atoms with E-state index in [1.807, 2.05) is 0 Å². The van der Waals surface area contributed by atoms with Crippen molar-refractivity contribution in [3.8, 4) is 5.75 Å². The highest BCUT2D eigenvalue weighted by molar-refractivity contribution is 5.92. The second-order valence-electron chi connectivity index (χ2n) is 5.23. The smallest absolute Gasteiger partial charge is 0.451 e. The molecule has 0 aliphatic heterocycles. The maximum atomic E-state index is 12.7. The van der Waals surface area contributed by atoms with Crippen molar-refractivity contribution in [3.05, 3.63) is 53.1 Å². The van der Waals surface area contributed by atoms with Crippen LogP contribution in [-0.2, 0) is 17.5 Å². The molecule has 7 nitrogen and oxygen atoms in total. The van der Waals surface area contributed by atoms with E-state index in [9.17, 15) is 22.8 Å². The molecule has 2 rings (SSSR count). The normalized spacial score (nSPS) is 11.1. The van der Waals surface area contributed by atoms with Crippen LogP contribution in [0.2, 0.25) is 0 Å². The van der Waals surface area contributed by atoms with Gasteiger partial charge in [0.1, 0.15) is 11.4 Å². The largest absolute Gasteiger partial charge is 0.482 e. The van der Waals surface area contributed by atoms with Crippen molar-refractivity contribution in [2.24, 2.45) is 0 Å². The number of aliphatic carboxylic acids is 1. The lowest BCUT2D eigenvalue weighted by Gasteiger charge is -2.10. The first kappa shape index (κ1) is 19.2. The minimum atomic E-state index is -4.75. The summed E-state index contributed by atoms with van der Waals surface area (Å²) >= 11 is 0. The lowest BCUT2D eigenvalue weighted by molar-refractivity contribution is -0.145. The van der Waals surface area contributed by atoms with E-state index in [4.69, 9.17) is 9.84 Å². The fraction of sp³-hybridized carbons (Fsp3) is 0.250. The fourth-order valence-electron chi connectivity index (χ4n) is 1.97. The van der Waals surface area contributed by atoms with Crippen molar-refractivity contribution >= 4 is 11.9 Å². The number of hydrogen-bond donors (Lipinski definition) is 2. The number of halogens is 3. The van der Waals surface area contributed by atoms with Crippen LogP contribution >= 0.6 is 0 Å². The summed E-state index contributed by atoms with van der Waals surface area (Å²) in [6, 6.07) is 7.43. The molecule has 0 unspecified atom stereocenters. The lowest BCUT2D eigenvalue weighted by atomic mass is 10.2. The van der Waals surface area contributed by atoms with Crippen LogP contribution in [0.5, 0.6) is 5.75 Å². The van der Waals surface area contributed by atoms with E-state index in [0.29, 0.717) is 5.56 Å². The lowest BCUT2D eigenvalue weighted by Crippen LogP contribution is -2.25. The molecule has 138 valence electrons. The third kappa shape index (κ3) is 5.43. The first-order valence-corrected chi connectivity index (χ1v) is 7.30. The molecule has 0 atom stereocenters. The van der Waals surface area contributed by atoms with Crippen molar-refractivity contribution < 1.29 is 32.6 Å². The van der Waals surface area contributed by atoms with Gasteiger partial charge in [0.05, 0.1) is 0 Å². The molecule has 1 amide bonds. The molecule has 1 aromatic heterocycles. The number of ether oxygens (including phenoxy) is 1. The van der Waals surface area contributed by atoms with Crippen molar-refractivity contribution in [2.45, 2.75) is 19.6 Å². The Morgan fingerprint density at radius 1 is 1.23 bits per heavy atom. The van der Waals surface area contributed by atoms with Crippen LogP contribution in [0.1, 0.15) is 27.6 Å². The first-order valence-electron chi connectivity index (χ1n) is 7.30. The van der Waals surface area contributed by atoms with E-state index in [0.717, 1.165) is 6.07 Å². The molecule has 0 radical (unpaired) electrons. The Labute approximate surface area is 145 Å². The molecule has 0 bridgehead atoms. The topological polar surface area (TPSA) is 101 Å². The van der Waals surface area contributed by atoms with Crippen molar-refractivity contribution in [2.75, 3.05) is 6.61 Å². The van der Waals surface area contributed by atoms with Gasteiger partial charge < -0.3 is 15.2 Å². The number of alkyl halides is 3. The van der Waals surface area contributed by atoms with Crippen LogP contribution in [0.15, 0.2) is 30.3 Å². The van der Waals surface area contributed by atoms with Crippen LogP contribution in [0, 0.1) is 6.92 Å². The quantitative estimate of drug-likeness (QED) is 0.810. The Bertz CT molecular complexity index is 825. The van der Waals surface area contributed by atoms with Gasteiger partial charge in [-0.25, -0.2) is 14.8 Å². The Morgan fingerprint density at radius 2 is 1.96 bits per heavy atom. The van der Waals surface area contributed by atoms with Crippen LogP contribution in [0.4, 0.5) is 13.2 Å². The van der Waals surface area contributed by atoms with Crippen molar-refractivity contribution in [1.82, 2.24) is 15.3 Å². The van der Waals surface area contributed by atoms with E-state index in [2.05, 4.69) is 15.3 Å². The highest BCUT2D eigenvalue weighted by Crippen LogP contribution is 2.26. The van der Waals surface area contributed by atoms with Gasteiger partial charge >= 0.3 is 12.1 Å². The molecule has 1 heterocycles. The van der Waals surface area contributed by atoms with Gasteiger partial charge in [0.2, 0.25) is 5.82 Å². The number of amides is 1. The number of carboxylic acid groups (broad SMARTS) is 1. The highest BCUT2D eigenvalue weighted by atomic mass is 19.4. The van der Waals surface area contributed by atoms with Crippen LogP contribution in [0.3, 0.4) is 0 Å². The number of carbonyl (C=O) groups is 2. The van der Waals surface area contributed by atoms with Gasteiger partial charge in [-0.3, -0.25) is 4.79 Å². The molecule has 2 N–H and O–H groups in total. The van der Waals surface area contributed by atoms with Gasteiger partial charge in [0.25, 0.3) is 5.91 Å². The molecule has 0 saturated heterocycles. The summed E-state index contributed by atoms with van der Waals surface area (Å²) in [6.07, 6.45) is -4.75. The van der Waals surface area contributed by atoms with Gasteiger partial charge in [-0.15, -0.1) is 0 Å². The van der Waals surface area contributed by atoms with Gasteiger partial charge in [0.15, 0.2) is 6.61 Å². The number of aryl methyl sites for hydroxylation is 1. The number of aromatic nitrogens is 2. The minimum Gasteiger partial charge on any atom is -0.482 e. The number of hydrogen-bond acceptors (Lipinski definition) is 5. The van der Waals surface area contributed by atoms with Gasteiger partial charge in [0, 0.05) is 12.2 Å². The van der Waals surface area contributed by atoms with Crippen LogP contribution in [0.25, 0.3) is 0 Å². The molecule has 1 aromatic carbocycles. The second kappa shape index (κ2) is 7.81. The number of rotatable bonds is 6. The van der Waals surface area contributed by atoms with Crippen molar-refractivity contribution in [1.29, 1.82) is 0 Å². The monoisotopic (exact) mass is 369 g/mol. The molecule has 26 heavy (non-hydrogen) atoms. The fourth-order valence-corrected chi connectivity index (χ4v) is 1.97. The number of nitrogens with zero attached hydrogens (tertiary/aromatic N) is 2. The molecular formula is C16H14F3N3O4. The summed E-state index contributed by atoms with van der Waals surface area (Å²) in [5.74, 6) is -3.02. The summed E-state index contributed by atoms with van der Waals surface area (Å²) in [6.45, 7) is 0.806. The Kier molecular flexibility index (Phi) is 5.75. The molecule has 0 aliphatic carbocycles. The van der Waals surface area contributed by atoms with E-state index in [1.165, 1.54) is 19.1 Å². The number of nitrogens with one attached hydrogen (secondary N) is 1. The summed E-state index contributed by atoms with van der Waals surface area (Å²) in [4.78, 5) is 29.1. The highest BCUT2D eigenvalue weighted by Gasteiger charge is 2.35. The number of carbonyl (C=O) groups excluding carboxylic acids is 1. The summed E-state index contributed by atoms with van der Waals surface area (Å²) in [5, 5.41) is 11.0. The standard InChI is InChI=1S/C16H14F3N3O4/c1-9-5-12(22-15(21-9)16(17,18)19)14(25)20-7-10-3-2-4-11(6-10)26-8-13(23)24/h2-6H,7-8H2,1H3,(H,20,25)(H,23,24). The molecule has 0 spiro atoms. The summed E-state index contributed by atoms with van der Waals surface area (Å²) < 4.78 is 43.2. The third-order valence-electron chi connectivity index (χ3n) is 3.05. The van der Waals surface area contributed by atoms with Crippen molar-refractivity contribution in [3.63, 3.8) is 0 Å². The van der Waals surface area contributed by atoms with Crippen LogP contribution in [-0.4, -0.2) is 33.6 Å². The average molecular weight is 369 g/mol. The maximum absolute atomic E-state index is 12.7. The third-order valence-corrected chi connectivity index (χ3v) is 3.05. The Morgan fingerprint density at radius 3 is 2.62 bits per heavy atom. The zero-order valence-corrected chi connectivity index (χ0v) is 13.5. The Balaban J connectivity index is 2.06. The summed E-state index contributed by atoms with van der Waals surface area (Å²) in [7, 11) is 0. The SMILES string of the molecule is Cc1cc(C(=O)NCc2cccc(OCC(=O)O)c2)nc(C(F)(F)F)n1. The first-order chi connectivity index (χ1) is 12.1. The summed E-state index contributed by atoms with van der Waals surface area (Å²) in [5.41, 5.74) is 0.188. The second-order valence-corrected chi connectivity index (χ2v) is 5.23. The molecular weight excluding hydrogens is 355 g/mol. The number of carboxylic acids is 1. The van der Waals surface area contributed by atoms with Crippen LogP contribution < -0.4 is 10.1 Å². The minimum absolute atomic E-state index is 0.00644. The molecule has 0 saturated carbocycles. The zero-order valence-electron chi connectivity index (χ0n) is 13.5. The Hall–Kier alpha value is -3.17. The number of benzene rings is 1. The van der Waals surface area contributed by atoms with E-state index in [1.54, 1.807) is 12.1 Å². The molecule has 10 heteroatoms. The predicted molar refractivity (Wildman–Crippen MR) is 82.5 cm³/mol. The molecule has 2 aromatic rings. The predicted octanol–water partition coefficient (Wildman–Crippen LogP) is 2.20. The van der Waals surface area contributed by atoms with Gasteiger partial charge in [-0.05, 0) is 30.7 Å². The molecule has 0 aliphatic rings. The maximum Gasteiger partial charge on any atom is 0.451 e. The zero-order chi connectivity index (χ0) is 19.3. The van der Waals surface area contributed by atoms with E-state index >= 15 is 0 Å². The van der Waals surface area contributed by atoms with Gasteiger partial charge in [-0.2, -0.15) is 13.2 Å². The molecule has 0 fully saturated rings. The van der Waals surface area contributed by atoms with E-state index in [-0.39, 0.29) is 18.0 Å².